The number of hydrogen-bond donors (Lipinski definition) is 4. The molecular formula is C25H32ClFN4O3. The van der Waals surface area contributed by atoms with Gasteiger partial charge in [0.2, 0.25) is 0 Å². The molecule has 0 unspecified atom stereocenters. The maximum atomic E-state index is 15.8. The van der Waals surface area contributed by atoms with E-state index in [4.69, 9.17) is 0 Å². The normalized spacial score (nSPS) is 14.8. The van der Waals surface area contributed by atoms with Crippen LogP contribution in [0.15, 0.2) is 30.3 Å². The number of amides is 3. The molecule has 1 atom stereocenters. The van der Waals surface area contributed by atoms with Crippen LogP contribution in [0.4, 0.5) is 4.39 Å². The molecule has 2 aromatic rings. The summed E-state index contributed by atoms with van der Waals surface area (Å²) in [6.07, 6.45) is 0.400. The van der Waals surface area contributed by atoms with Crippen molar-refractivity contribution in [3.05, 3.63) is 69.5 Å². The number of benzene rings is 2. The third-order valence-electron chi connectivity index (χ3n) is 5.74. The Hall–Kier alpha value is -2.97. The fourth-order valence-electron chi connectivity index (χ4n) is 4.18. The summed E-state index contributed by atoms with van der Waals surface area (Å²) in [6, 6.07) is 8.86. The Bertz CT molecular complexity index is 1040. The maximum absolute atomic E-state index is 15.8. The monoisotopic (exact) mass is 490 g/mol. The van der Waals surface area contributed by atoms with Gasteiger partial charge in [0.15, 0.2) is 0 Å². The zero-order chi connectivity index (χ0) is 24.0. The highest BCUT2D eigenvalue weighted by atomic mass is 35.5. The molecule has 1 aliphatic rings. The third-order valence-corrected chi connectivity index (χ3v) is 5.74. The van der Waals surface area contributed by atoms with Crippen LogP contribution in [0.3, 0.4) is 0 Å². The fraction of sp³-hybridized carbons (Fsp3) is 0.400. The third kappa shape index (κ3) is 5.74. The van der Waals surface area contributed by atoms with Gasteiger partial charge in [-0.05, 0) is 68.6 Å². The molecule has 34 heavy (non-hydrogen) atoms. The number of halogens is 2. The van der Waals surface area contributed by atoms with Gasteiger partial charge in [-0.15, -0.1) is 12.4 Å². The Morgan fingerprint density at radius 3 is 2.15 bits per heavy atom. The summed E-state index contributed by atoms with van der Waals surface area (Å²) < 4.78 is 15.8. The van der Waals surface area contributed by atoms with Crippen molar-refractivity contribution in [2.45, 2.75) is 33.1 Å². The van der Waals surface area contributed by atoms with Crippen LogP contribution in [0.25, 0.3) is 0 Å². The Morgan fingerprint density at radius 1 is 0.941 bits per heavy atom. The molecule has 0 fully saturated rings. The minimum absolute atomic E-state index is 0. The Balaban J connectivity index is 0.00000408. The van der Waals surface area contributed by atoms with Gasteiger partial charge in [0.25, 0.3) is 17.7 Å². The second kappa shape index (κ2) is 12.5. The van der Waals surface area contributed by atoms with Crippen molar-refractivity contribution < 1.29 is 18.8 Å². The van der Waals surface area contributed by atoms with Crippen molar-refractivity contribution in [2.75, 3.05) is 32.7 Å². The zero-order valence-electron chi connectivity index (χ0n) is 19.7. The summed E-state index contributed by atoms with van der Waals surface area (Å²) >= 11 is 0. The van der Waals surface area contributed by atoms with Crippen LogP contribution in [0.1, 0.15) is 74.5 Å². The van der Waals surface area contributed by atoms with E-state index in [0.717, 1.165) is 5.56 Å². The summed E-state index contributed by atoms with van der Waals surface area (Å²) in [5.41, 5.74) is 2.37. The van der Waals surface area contributed by atoms with Gasteiger partial charge >= 0.3 is 0 Å². The van der Waals surface area contributed by atoms with Crippen LogP contribution in [0, 0.1) is 5.82 Å². The van der Waals surface area contributed by atoms with Crippen LogP contribution in [0.2, 0.25) is 0 Å². The van der Waals surface area contributed by atoms with Crippen molar-refractivity contribution in [2.24, 2.45) is 0 Å². The molecule has 184 valence electrons. The van der Waals surface area contributed by atoms with E-state index in [-0.39, 0.29) is 35.4 Å². The number of nitrogens with one attached hydrogen (secondary N) is 4. The molecule has 0 saturated carbocycles. The molecule has 0 bridgehead atoms. The van der Waals surface area contributed by atoms with Gasteiger partial charge < -0.3 is 21.3 Å². The summed E-state index contributed by atoms with van der Waals surface area (Å²) in [6.45, 7) is 7.69. The van der Waals surface area contributed by atoms with Crippen molar-refractivity contribution in [1.82, 2.24) is 21.3 Å². The summed E-state index contributed by atoms with van der Waals surface area (Å²) in [5, 5.41) is 11.4. The molecule has 1 aliphatic heterocycles. The Kier molecular flexibility index (Phi) is 10.0. The van der Waals surface area contributed by atoms with E-state index in [0.29, 0.717) is 55.8 Å². The molecule has 0 spiro atoms. The van der Waals surface area contributed by atoms with E-state index in [2.05, 4.69) is 21.3 Å². The first-order chi connectivity index (χ1) is 15.9. The number of rotatable bonds is 7. The summed E-state index contributed by atoms with van der Waals surface area (Å²) in [7, 11) is 0. The molecular weight excluding hydrogens is 459 g/mol. The van der Waals surface area contributed by atoms with Crippen molar-refractivity contribution in [3.63, 3.8) is 0 Å². The first-order valence-electron chi connectivity index (χ1n) is 11.4. The lowest BCUT2D eigenvalue weighted by Gasteiger charge is -2.22. The minimum atomic E-state index is -0.646. The second-order valence-electron chi connectivity index (χ2n) is 7.89. The molecule has 0 radical (unpaired) electrons. The topological polar surface area (TPSA) is 99.3 Å². The molecule has 9 heteroatoms. The molecule has 0 aliphatic carbocycles. The van der Waals surface area contributed by atoms with Crippen molar-refractivity contribution in [1.29, 1.82) is 0 Å². The maximum Gasteiger partial charge on any atom is 0.255 e. The van der Waals surface area contributed by atoms with Gasteiger partial charge in [0, 0.05) is 37.7 Å². The number of carbonyl (C=O) groups excluding carboxylic acids is 3. The molecule has 1 heterocycles. The molecule has 0 aromatic heterocycles. The number of carbonyl (C=O) groups is 3. The highest BCUT2D eigenvalue weighted by molar-refractivity contribution is 6.08. The van der Waals surface area contributed by atoms with Crippen molar-refractivity contribution >= 4 is 30.1 Å². The Morgan fingerprint density at radius 2 is 1.53 bits per heavy atom. The average molecular weight is 491 g/mol. The van der Waals surface area contributed by atoms with Gasteiger partial charge in [0.05, 0.1) is 11.1 Å². The van der Waals surface area contributed by atoms with E-state index in [1.165, 1.54) is 0 Å². The van der Waals surface area contributed by atoms with E-state index >= 15 is 4.39 Å². The largest absolute Gasteiger partial charge is 0.352 e. The predicted molar refractivity (Wildman–Crippen MR) is 133 cm³/mol. The van der Waals surface area contributed by atoms with Gasteiger partial charge in [-0.3, -0.25) is 14.4 Å². The minimum Gasteiger partial charge on any atom is -0.352 e. The smallest absolute Gasteiger partial charge is 0.255 e. The SMILES string of the molecule is CCNC(=O)c1ccc([C@H]2CNCCc3c2cc(C(=O)NCC)c(C(=O)NCC)c3F)cc1.Cl. The van der Waals surface area contributed by atoms with Gasteiger partial charge in [-0.25, -0.2) is 4.39 Å². The molecule has 3 rings (SSSR count). The lowest BCUT2D eigenvalue weighted by molar-refractivity contribution is 0.0917. The van der Waals surface area contributed by atoms with Crippen molar-refractivity contribution in [3.8, 4) is 0 Å². The van der Waals surface area contributed by atoms with Crippen LogP contribution in [0.5, 0.6) is 0 Å². The molecule has 3 amide bonds. The zero-order valence-corrected chi connectivity index (χ0v) is 20.5. The van der Waals surface area contributed by atoms with Crippen LogP contribution < -0.4 is 21.3 Å². The summed E-state index contributed by atoms with van der Waals surface area (Å²) in [5.74, 6) is -2.12. The summed E-state index contributed by atoms with van der Waals surface area (Å²) in [4.78, 5) is 37.6. The second-order valence-corrected chi connectivity index (χ2v) is 7.89. The van der Waals surface area contributed by atoms with Crippen LogP contribution in [-0.4, -0.2) is 50.4 Å². The van der Waals surface area contributed by atoms with Gasteiger partial charge in [-0.2, -0.15) is 0 Å². The first kappa shape index (κ1) is 27.3. The van der Waals surface area contributed by atoms with Crippen LogP contribution in [-0.2, 0) is 6.42 Å². The van der Waals surface area contributed by atoms with E-state index in [1.54, 1.807) is 32.0 Å². The lowest BCUT2D eigenvalue weighted by atomic mass is 9.84. The quantitative estimate of drug-likeness (QED) is 0.479. The number of hydrogen-bond acceptors (Lipinski definition) is 4. The molecule has 4 N–H and O–H groups in total. The molecule has 2 aromatic carbocycles. The van der Waals surface area contributed by atoms with Crippen LogP contribution >= 0.6 is 12.4 Å². The predicted octanol–water partition coefficient (Wildman–Crippen LogP) is 2.77. The lowest BCUT2D eigenvalue weighted by Crippen LogP contribution is -2.31. The fourth-order valence-corrected chi connectivity index (χ4v) is 4.18. The van der Waals surface area contributed by atoms with Gasteiger partial charge in [0.1, 0.15) is 5.82 Å². The highest BCUT2D eigenvalue weighted by Crippen LogP contribution is 2.34. The van der Waals surface area contributed by atoms with Gasteiger partial charge in [-0.1, -0.05) is 12.1 Å². The van der Waals surface area contributed by atoms with E-state index in [1.807, 2.05) is 19.1 Å². The standard InChI is InChI=1S/C25H31FN4O3.ClH/c1-4-28-23(31)16-9-7-15(8-10-16)20-14-27-12-11-17-18(20)13-19(24(32)29-5-2)21(22(17)26)25(33)30-6-3;/h7-10,13,20,27H,4-6,11-12,14H2,1-3H3,(H,28,31)(H,29,32)(H,30,33);1H/t20-;/m1./s1. The highest BCUT2D eigenvalue weighted by Gasteiger charge is 2.30. The Labute approximate surface area is 205 Å². The molecule has 0 saturated heterocycles. The van der Waals surface area contributed by atoms with E-state index in [9.17, 15) is 14.4 Å². The number of fused-ring (bicyclic) bond motifs is 1. The van der Waals surface area contributed by atoms with E-state index < -0.39 is 17.6 Å². The first-order valence-corrected chi connectivity index (χ1v) is 11.4. The molecule has 7 nitrogen and oxygen atoms in total. The average Bonchev–Trinajstić information content (AvgIpc) is 3.02.